The van der Waals surface area contributed by atoms with E-state index >= 15 is 0 Å². The third-order valence-electron chi connectivity index (χ3n) is 1.43. The highest BCUT2D eigenvalue weighted by Gasteiger charge is 2.19. The number of nitrogens with one attached hydrogen (secondary N) is 1. The molecule has 1 N–H and O–H groups in total. The lowest BCUT2D eigenvalue weighted by Crippen LogP contribution is -2.17. The lowest BCUT2D eigenvalue weighted by atomic mass is 10.3. The summed E-state index contributed by atoms with van der Waals surface area (Å²) < 4.78 is 0. The van der Waals surface area contributed by atoms with E-state index < -0.39 is 0 Å². The van der Waals surface area contributed by atoms with E-state index in [0.717, 1.165) is 0 Å². The van der Waals surface area contributed by atoms with Gasteiger partial charge in [-0.05, 0) is 22.7 Å². The average Bonchev–Trinajstić information content (AvgIpc) is 2.34. The van der Waals surface area contributed by atoms with E-state index in [4.69, 9.17) is 11.2 Å². The Labute approximate surface area is 66.3 Å². The lowest BCUT2D eigenvalue weighted by molar-refractivity contribution is 1.04. The molecular formula is C6H6N2S2. The first-order valence-electron chi connectivity index (χ1n) is 2.93. The van der Waals surface area contributed by atoms with Crippen molar-refractivity contribution in [2.24, 2.45) is 4.99 Å². The van der Waals surface area contributed by atoms with E-state index in [9.17, 15) is 0 Å². The van der Waals surface area contributed by atoms with E-state index in [2.05, 4.69) is 10.3 Å². The third-order valence-corrected chi connectivity index (χ3v) is 3.55. The zero-order chi connectivity index (χ0) is 6.97. The number of rotatable bonds is 0. The molecule has 0 aromatic carbocycles. The van der Waals surface area contributed by atoms with Gasteiger partial charge in [0, 0.05) is 11.8 Å². The van der Waals surface area contributed by atoms with Crippen LogP contribution >= 0.6 is 0 Å². The molecular weight excluding hydrogens is 164 g/mol. The summed E-state index contributed by atoms with van der Waals surface area (Å²) in [4.78, 5) is 4.21. The van der Waals surface area contributed by atoms with E-state index in [1.54, 1.807) is 6.34 Å². The predicted molar refractivity (Wildman–Crippen MR) is 47.4 cm³/mol. The van der Waals surface area contributed by atoms with Crippen molar-refractivity contribution in [3.8, 4) is 0 Å². The van der Waals surface area contributed by atoms with Crippen LogP contribution in [0.25, 0.3) is 0 Å². The molecule has 2 heterocycles. The zero-order valence-electron chi connectivity index (χ0n) is 5.15. The molecule has 0 bridgehead atoms. The minimum Gasteiger partial charge on any atom is -0.353 e. The molecule has 0 fully saturated rings. The van der Waals surface area contributed by atoms with Crippen LogP contribution in [-0.4, -0.2) is 11.7 Å². The molecule has 0 spiro atoms. The molecule has 10 heavy (non-hydrogen) atoms. The summed E-state index contributed by atoms with van der Waals surface area (Å²) in [6, 6.07) is 0. The summed E-state index contributed by atoms with van der Waals surface area (Å²) >= 11 is 5.16. The fourth-order valence-corrected chi connectivity index (χ4v) is 2.63. The van der Waals surface area contributed by atoms with Crippen molar-refractivity contribution in [3.63, 3.8) is 0 Å². The van der Waals surface area contributed by atoms with Crippen molar-refractivity contribution >= 4 is 27.0 Å². The Morgan fingerprint density at radius 1 is 1.70 bits per heavy atom. The molecule has 0 aromatic rings. The summed E-state index contributed by atoms with van der Waals surface area (Å²) in [6.07, 6.45) is 5.70. The molecule has 4 heteroatoms. The van der Waals surface area contributed by atoms with E-state index in [1.165, 1.54) is 5.57 Å². The Balaban J connectivity index is 2.39. The standard InChI is InChI=1S/C6H6N2S2/c9-10-2-1-5-3-7-4-8-6(5)10/h1-4,6H,(H,7,8). The normalized spacial score (nSPS) is 35.0. The van der Waals surface area contributed by atoms with Gasteiger partial charge in [-0.25, -0.2) is 0 Å². The molecule has 2 atom stereocenters. The van der Waals surface area contributed by atoms with Gasteiger partial charge < -0.3 is 5.32 Å². The van der Waals surface area contributed by atoms with Gasteiger partial charge in [-0.2, -0.15) is 0 Å². The lowest BCUT2D eigenvalue weighted by Gasteiger charge is -2.10. The second-order valence-electron chi connectivity index (χ2n) is 2.07. The van der Waals surface area contributed by atoms with Crippen LogP contribution in [0.3, 0.4) is 0 Å². The van der Waals surface area contributed by atoms with E-state index in [1.807, 2.05) is 17.7 Å². The molecule has 0 saturated carbocycles. The largest absolute Gasteiger partial charge is 0.353 e. The van der Waals surface area contributed by atoms with Crippen LogP contribution in [0.15, 0.2) is 28.2 Å². The molecule has 2 aliphatic heterocycles. The van der Waals surface area contributed by atoms with Crippen molar-refractivity contribution in [1.82, 2.24) is 5.32 Å². The second-order valence-corrected chi connectivity index (χ2v) is 4.60. The quantitative estimate of drug-likeness (QED) is 0.570. The maximum absolute atomic E-state index is 5.16. The number of fused-ring (bicyclic) bond motifs is 1. The van der Waals surface area contributed by atoms with Gasteiger partial charge in [-0.3, -0.25) is 4.99 Å². The maximum atomic E-state index is 5.16. The Morgan fingerprint density at radius 2 is 2.60 bits per heavy atom. The van der Waals surface area contributed by atoms with Gasteiger partial charge in [-0.15, -0.1) is 0 Å². The smallest absolute Gasteiger partial charge is 0.131 e. The Hall–Kier alpha value is -0.480. The van der Waals surface area contributed by atoms with Crippen LogP contribution in [0, 0.1) is 0 Å². The van der Waals surface area contributed by atoms with Crippen molar-refractivity contribution in [2.45, 2.75) is 5.37 Å². The molecule has 0 aliphatic carbocycles. The highest BCUT2D eigenvalue weighted by atomic mass is 32.8. The van der Waals surface area contributed by atoms with Crippen molar-refractivity contribution in [1.29, 1.82) is 0 Å². The van der Waals surface area contributed by atoms with Crippen LogP contribution < -0.4 is 5.32 Å². The molecule has 2 aliphatic rings. The van der Waals surface area contributed by atoms with Crippen molar-refractivity contribution in [2.75, 3.05) is 0 Å². The monoisotopic (exact) mass is 170 g/mol. The second kappa shape index (κ2) is 2.29. The van der Waals surface area contributed by atoms with Crippen LogP contribution in [0.1, 0.15) is 0 Å². The molecule has 52 valence electrons. The first-order chi connectivity index (χ1) is 4.88. The number of nitrogens with zero attached hydrogens (tertiary/aromatic N) is 1. The van der Waals surface area contributed by atoms with Gasteiger partial charge in [0.1, 0.15) is 5.37 Å². The van der Waals surface area contributed by atoms with Crippen LogP contribution in [0.2, 0.25) is 0 Å². The number of aliphatic imine (C=N–C) groups is 1. The third kappa shape index (κ3) is 0.839. The summed E-state index contributed by atoms with van der Waals surface area (Å²) in [6.45, 7) is 0. The SMILES string of the molecule is S=S1C=CC2=CNC=NC21. The van der Waals surface area contributed by atoms with Crippen LogP contribution in [0.5, 0.6) is 0 Å². The average molecular weight is 170 g/mol. The molecule has 0 aromatic heterocycles. The van der Waals surface area contributed by atoms with Gasteiger partial charge in [0.25, 0.3) is 0 Å². The fourth-order valence-electron chi connectivity index (χ4n) is 0.946. The Bertz CT molecular complexity index is 265. The molecule has 0 radical (unpaired) electrons. The topological polar surface area (TPSA) is 24.4 Å². The zero-order valence-corrected chi connectivity index (χ0v) is 6.78. The Morgan fingerprint density at radius 3 is 3.40 bits per heavy atom. The highest BCUT2D eigenvalue weighted by molar-refractivity contribution is 8.31. The molecule has 0 amide bonds. The minimum atomic E-state index is -0.0928. The number of hydrogen-bond acceptors (Lipinski definition) is 3. The maximum Gasteiger partial charge on any atom is 0.131 e. The van der Waals surface area contributed by atoms with Gasteiger partial charge in [0.05, 0.1) is 6.34 Å². The predicted octanol–water partition coefficient (Wildman–Crippen LogP) is 0.435. The highest BCUT2D eigenvalue weighted by Crippen LogP contribution is 2.21. The van der Waals surface area contributed by atoms with E-state index in [-0.39, 0.29) is 14.8 Å². The molecule has 2 unspecified atom stereocenters. The van der Waals surface area contributed by atoms with Gasteiger partial charge in [0.2, 0.25) is 0 Å². The molecule has 2 rings (SSSR count). The first-order valence-corrected chi connectivity index (χ1v) is 5.21. The summed E-state index contributed by atoms with van der Waals surface area (Å²) in [5.74, 6) is 0. The van der Waals surface area contributed by atoms with Crippen molar-refractivity contribution in [3.05, 3.63) is 23.3 Å². The molecule has 0 saturated heterocycles. The van der Waals surface area contributed by atoms with Gasteiger partial charge in [-0.1, -0.05) is 9.45 Å². The van der Waals surface area contributed by atoms with Crippen molar-refractivity contribution < 1.29 is 0 Å². The van der Waals surface area contributed by atoms with Crippen LogP contribution in [-0.2, 0) is 20.6 Å². The summed E-state index contributed by atoms with van der Waals surface area (Å²) in [5.41, 5.74) is 1.21. The fraction of sp³-hybridized carbons (Fsp3) is 0.167. The van der Waals surface area contributed by atoms with Gasteiger partial charge >= 0.3 is 0 Å². The summed E-state index contributed by atoms with van der Waals surface area (Å²) in [5, 5.41) is 5.20. The summed E-state index contributed by atoms with van der Waals surface area (Å²) in [7, 11) is -0.0928. The van der Waals surface area contributed by atoms with E-state index in [0.29, 0.717) is 0 Å². The van der Waals surface area contributed by atoms with Gasteiger partial charge in [0.15, 0.2) is 0 Å². The number of hydrogen-bond donors (Lipinski definition) is 1. The minimum absolute atomic E-state index is 0.0928. The van der Waals surface area contributed by atoms with Crippen LogP contribution in [0.4, 0.5) is 0 Å². The Kier molecular flexibility index (Phi) is 1.43. The molecule has 2 nitrogen and oxygen atoms in total. The first kappa shape index (κ1) is 6.24.